The Morgan fingerprint density at radius 2 is 1.77 bits per heavy atom. The van der Waals surface area contributed by atoms with Gasteiger partial charge in [0.05, 0.1) is 25.3 Å². The van der Waals surface area contributed by atoms with Crippen molar-refractivity contribution in [2.75, 3.05) is 41.8 Å². The first-order valence-electron chi connectivity index (χ1n) is 10.2. The van der Waals surface area contributed by atoms with E-state index >= 15 is 0 Å². The lowest BCUT2D eigenvalue weighted by molar-refractivity contribution is -0.115. The second-order valence-electron chi connectivity index (χ2n) is 7.52. The SMILES string of the molecule is Cc1cc(Nc2ccc(NC(=O)Cc3c(C)noc3C)cc2)nc(N2CCOCC2)n1. The van der Waals surface area contributed by atoms with Crippen molar-refractivity contribution in [1.82, 2.24) is 15.1 Å². The quantitative estimate of drug-likeness (QED) is 0.624. The van der Waals surface area contributed by atoms with E-state index in [1.165, 1.54) is 0 Å². The highest BCUT2D eigenvalue weighted by atomic mass is 16.5. The van der Waals surface area contributed by atoms with E-state index in [4.69, 9.17) is 9.26 Å². The molecule has 0 spiro atoms. The Hall–Kier alpha value is -3.46. The highest BCUT2D eigenvalue weighted by molar-refractivity contribution is 5.92. The smallest absolute Gasteiger partial charge is 0.228 e. The third-order valence-corrected chi connectivity index (χ3v) is 5.10. The first-order valence-corrected chi connectivity index (χ1v) is 10.2. The van der Waals surface area contributed by atoms with Gasteiger partial charge in [-0.3, -0.25) is 4.79 Å². The molecule has 0 saturated carbocycles. The zero-order chi connectivity index (χ0) is 21.8. The molecule has 1 aliphatic heterocycles. The second-order valence-corrected chi connectivity index (χ2v) is 7.52. The number of carbonyl (C=O) groups is 1. The number of morpholine rings is 1. The number of nitrogens with one attached hydrogen (secondary N) is 2. The summed E-state index contributed by atoms with van der Waals surface area (Å²) in [5.74, 6) is 1.98. The predicted octanol–water partition coefficient (Wildman–Crippen LogP) is 3.15. The minimum absolute atomic E-state index is 0.114. The fourth-order valence-corrected chi connectivity index (χ4v) is 3.43. The summed E-state index contributed by atoms with van der Waals surface area (Å²) < 4.78 is 10.5. The van der Waals surface area contributed by atoms with Crippen LogP contribution in [-0.2, 0) is 16.0 Å². The monoisotopic (exact) mass is 422 g/mol. The van der Waals surface area contributed by atoms with E-state index in [0.717, 1.165) is 47.2 Å². The van der Waals surface area contributed by atoms with Crippen LogP contribution in [0.5, 0.6) is 0 Å². The van der Waals surface area contributed by atoms with Crippen molar-refractivity contribution in [3.8, 4) is 0 Å². The molecule has 1 amide bonds. The molecule has 0 bridgehead atoms. The Morgan fingerprint density at radius 1 is 1.06 bits per heavy atom. The minimum atomic E-state index is -0.114. The molecule has 3 aromatic rings. The molecule has 1 fully saturated rings. The Labute approximate surface area is 180 Å². The Kier molecular flexibility index (Phi) is 6.13. The van der Waals surface area contributed by atoms with Crippen LogP contribution in [0.15, 0.2) is 34.9 Å². The maximum absolute atomic E-state index is 12.4. The zero-order valence-corrected chi connectivity index (χ0v) is 17.9. The number of benzene rings is 1. The minimum Gasteiger partial charge on any atom is -0.378 e. The number of aromatic nitrogens is 3. The van der Waals surface area contributed by atoms with Crippen molar-refractivity contribution in [3.63, 3.8) is 0 Å². The number of nitrogens with zero attached hydrogens (tertiary/aromatic N) is 4. The summed E-state index contributed by atoms with van der Waals surface area (Å²) in [5, 5.41) is 10.1. The van der Waals surface area contributed by atoms with Crippen LogP contribution >= 0.6 is 0 Å². The summed E-state index contributed by atoms with van der Waals surface area (Å²) in [6, 6.07) is 9.41. The molecule has 0 radical (unpaired) electrons. The van der Waals surface area contributed by atoms with Gasteiger partial charge in [0.1, 0.15) is 11.6 Å². The van der Waals surface area contributed by atoms with E-state index in [1.807, 2.05) is 51.1 Å². The number of anilines is 4. The third-order valence-electron chi connectivity index (χ3n) is 5.10. The van der Waals surface area contributed by atoms with E-state index in [-0.39, 0.29) is 12.3 Å². The molecule has 9 nitrogen and oxygen atoms in total. The van der Waals surface area contributed by atoms with Gasteiger partial charge in [0.15, 0.2) is 0 Å². The van der Waals surface area contributed by atoms with Crippen molar-refractivity contribution in [3.05, 3.63) is 53.0 Å². The van der Waals surface area contributed by atoms with Crippen LogP contribution < -0.4 is 15.5 Å². The van der Waals surface area contributed by atoms with Gasteiger partial charge in [-0.2, -0.15) is 4.98 Å². The summed E-state index contributed by atoms with van der Waals surface area (Å²) in [6.45, 7) is 8.53. The lowest BCUT2D eigenvalue weighted by Crippen LogP contribution is -2.37. The lowest BCUT2D eigenvalue weighted by atomic mass is 10.1. The Balaban J connectivity index is 1.39. The van der Waals surface area contributed by atoms with Crippen LogP contribution in [0.25, 0.3) is 0 Å². The molecule has 2 aromatic heterocycles. The van der Waals surface area contributed by atoms with Crippen LogP contribution in [0.1, 0.15) is 22.7 Å². The number of aryl methyl sites for hydroxylation is 3. The van der Waals surface area contributed by atoms with Crippen LogP contribution in [0.3, 0.4) is 0 Å². The van der Waals surface area contributed by atoms with Gasteiger partial charge in [-0.05, 0) is 45.0 Å². The number of ether oxygens (including phenoxy) is 1. The van der Waals surface area contributed by atoms with Crippen molar-refractivity contribution in [2.45, 2.75) is 27.2 Å². The molecule has 4 rings (SSSR count). The van der Waals surface area contributed by atoms with Crippen molar-refractivity contribution >= 4 is 29.0 Å². The zero-order valence-electron chi connectivity index (χ0n) is 17.9. The largest absolute Gasteiger partial charge is 0.378 e. The van der Waals surface area contributed by atoms with Gasteiger partial charge >= 0.3 is 0 Å². The van der Waals surface area contributed by atoms with E-state index in [2.05, 4.69) is 30.7 Å². The van der Waals surface area contributed by atoms with E-state index < -0.39 is 0 Å². The van der Waals surface area contributed by atoms with E-state index in [1.54, 1.807) is 0 Å². The first kappa shape index (κ1) is 20.8. The molecule has 0 unspecified atom stereocenters. The van der Waals surface area contributed by atoms with Crippen molar-refractivity contribution in [2.24, 2.45) is 0 Å². The van der Waals surface area contributed by atoms with E-state index in [9.17, 15) is 4.79 Å². The molecule has 162 valence electrons. The molecule has 31 heavy (non-hydrogen) atoms. The van der Waals surface area contributed by atoms with Gasteiger partial charge in [0, 0.05) is 41.8 Å². The molecule has 1 aliphatic rings. The summed E-state index contributed by atoms with van der Waals surface area (Å²) in [7, 11) is 0. The second kappa shape index (κ2) is 9.13. The van der Waals surface area contributed by atoms with Crippen LogP contribution in [0.4, 0.5) is 23.1 Å². The number of amides is 1. The summed E-state index contributed by atoms with van der Waals surface area (Å²) >= 11 is 0. The summed E-state index contributed by atoms with van der Waals surface area (Å²) in [4.78, 5) is 23.7. The standard InChI is InChI=1S/C22H26N6O3/c1-14-12-20(26-22(23-14)28-8-10-30-11-9-28)24-17-4-6-18(7-5-17)25-21(29)13-19-15(2)27-31-16(19)3/h4-7,12H,8-11,13H2,1-3H3,(H,25,29)(H,23,24,26). The molecule has 1 saturated heterocycles. The van der Waals surface area contributed by atoms with Gasteiger partial charge in [0.2, 0.25) is 11.9 Å². The molecule has 3 heterocycles. The molecular weight excluding hydrogens is 396 g/mol. The first-order chi connectivity index (χ1) is 15.0. The molecule has 2 N–H and O–H groups in total. The van der Waals surface area contributed by atoms with Crippen LogP contribution in [0.2, 0.25) is 0 Å². The van der Waals surface area contributed by atoms with Gasteiger partial charge in [-0.25, -0.2) is 4.98 Å². The van der Waals surface area contributed by atoms with Gasteiger partial charge in [0.25, 0.3) is 0 Å². The summed E-state index contributed by atoms with van der Waals surface area (Å²) in [5.41, 5.74) is 4.04. The topological polar surface area (TPSA) is 105 Å². The normalized spacial score (nSPS) is 13.8. The molecule has 1 aromatic carbocycles. The maximum Gasteiger partial charge on any atom is 0.228 e. The number of carbonyl (C=O) groups excluding carboxylic acids is 1. The van der Waals surface area contributed by atoms with Gasteiger partial charge < -0.3 is 24.8 Å². The summed E-state index contributed by atoms with van der Waals surface area (Å²) in [6.07, 6.45) is 0.228. The van der Waals surface area contributed by atoms with Crippen molar-refractivity contribution < 1.29 is 14.1 Å². The number of hydrogen-bond donors (Lipinski definition) is 2. The van der Waals surface area contributed by atoms with Gasteiger partial charge in [-0.15, -0.1) is 0 Å². The van der Waals surface area contributed by atoms with Crippen LogP contribution in [0, 0.1) is 20.8 Å². The van der Waals surface area contributed by atoms with Crippen molar-refractivity contribution in [1.29, 1.82) is 0 Å². The molecule has 9 heteroatoms. The lowest BCUT2D eigenvalue weighted by Gasteiger charge is -2.27. The molecule has 0 aliphatic carbocycles. The number of hydrogen-bond acceptors (Lipinski definition) is 8. The Bertz CT molecular complexity index is 1040. The van der Waals surface area contributed by atoms with E-state index in [0.29, 0.717) is 24.9 Å². The molecule has 0 atom stereocenters. The third kappa shape index (κ3) is 5.18. The highest BCUT2D eigenvalue weighted by Gasteiger charge is 2.16. The fourth-order valence-electron chi connectivity index (χ4n) is 3.43. The average molecular weight is 422 g/mol. The fraction of sp³-hybridized carbons (Fsp3) is 0.364. The average Bonchev–Trinajstić information content (AvgIpc) is 3.07. The number of rotatable bonds is 6. The van der Waals surface area contributed by atoms with Crippen LogP contribution in [-0.4, -0.2) is 47.3 Å². The van der Waals surface area contributed by atoms with Gasteiger partial charge in [-0.1, -0.05) is 5.16 Å². The predicted molar refractivity (Wildman–Crippen MR) is 118 cm³/mol. The Morgan fingerprint density at radius 3 is 2.45 bits per heavy atom. The highest BCUT2D eigenvalue weighted by Crippen LogP contribution is 2.21. The maximum atomic E-state index is 12.4. The molecular formula is C22H26N6O3.